The maximum atomic E-state index is 12.8. The van der Waals surface area contributed by atoms with Crippen LogP contribution in [0.3, 0.4) is 0 Å². The van der Waals surface area contributed by atoms with E-state index < -0.39 is 4.92 Å². The van der Waals surface area contributed by atoms with E-state index in [-0.39, 0.29) is 23.3 Å². The Kier molecular flexibility index (Phi) is 6.52. The van der Waals surface area contributed by atoms with Crippen LogP contribution in [0.4, 0.5) is 5.69 Å². The average molecular weight is 436 g/mol. The lowest BCUT2D eigenvalue weighted by Crippen LogP contribution is -2.43. The zero-order valence-electron chi connectivity index (χ0n) is 17.7. The van der Waals surface area contributed by atoms with E-state index in [2.05, 4.69) is 32.7 Å². The van der Waals surface area contributed by atoms with Gasteiger partial charge in [-0.15, -0.1) is 5.10 Å². The molecule has 2 aromatic carbocycles. The summed E-state index contributed by atoms with van der Waals surface area (Å²) < 4.78 is 6.83. The predicted molar refractivity (Wildman–Crippen MR) is 117 cm³/mol. The predicted octanol–water partition coefficient (Wildman–Crippen LogP) is 2.29. The van der Waals surface area contributed by atoms with Gasteiger partial charge in [0.15, 0.2) is 5.69 Å². The number of carbonyl (C=O) groups excluding carboxylic acids is 1. The largest absolute Gasteiger partial charge is 0.379 e. The van der Waals surface area contributed by atoms with Gasteiger partial charge in [0, 0.05) is 31.8 Å². The lowest BCUT2D eigenvalue weighted by Gasteiger charge is -2.35. The monoisotopic (exact) mass is 436 g/mol. The molecule has 1 aliphatic heterocycles. The van der Waals surface area contributed by atoms with E-state index in [1.807, 2.05) is 19.1 Å². The second kappa shape index (κ2) is 9.67. The average Bonchev–Trinajstić information content (AvgIpc) is 3.30. The molecule has 10 heteroatoms. The van der Waals surface area contributed by atoms with E-state index in [0.717, 1.165) is 24.2 Å². The second-order valence-electron chi connectivity index (χ2n) is 7.61. The Labute approximate surface area is 184 Å². The van der Waals surface area contributed by atoms with Crippen molar-refractivity contribution < 1.29 is 14.5 Å². The number of carbonyl (C=O) groups is 1. The molecule has 32 heavy (non-hydrogen) atoms. The van der Waals surface area contributed by atoms with Crippen molar-refractivity contribution in [2.24, 2.45) is 0 Å². The molecule has 0 aliphatic carbocycles. The van der Waals surface area contributed by atoms with Crippen LogP contribution >= 0.6 is 0 Å². The number of aromatic nitrogens is 3. The van der Waals surface area contributed by atoms with Gasteiger partial charge in [0.05, 0.1) is 36.1 Å². The van der Waals surface area contributed by atoms with E-state index in [4.69, 9.17) is 4.74 Å². The molecule has 1 saturated heterocycles. The lowest BCUT2D eigenvalue weighted by molar-refractivity contribution is -0.384. The maximum absolute atomic E-state index is 12.8. The highest BCUT2D eigenvalue weighted by atomic mass is 16.6. The fourth-order valence-corrected chi connectivity index (χ4v) is 3.75. The lowest BCUT2D eigenvalue weighted by atomic mass is 10.0. The molecule has 1 fully saturated rings. The van der Waals surface area contributed by atoms with Crippen LogP contribution in [-0.4, -0.2) is 63.6 Å². The number of nitro groups is 1. The number of non-ortho nitro benzene ring substituents is 1. The number of ether oxygens (including phenoxy) is 1. The number of rotatable bonds is 7. The summed E-state index contributed by atoms with van der Waals surface area (Å²) in [6, 6.07) is 14.3. The van der Waals surface area contributed by atoms with E-state index in [1.54, 1.807) is 12.1 Å². The Bertz CT molecular complexity index is 1110. The van der Waals surface area contributed by atoms with Crippen LogP contribution in [-0.2, 0) is 4.74 Å². The molecule has 166 valence electrons. The van der Waals surface area contributed by atoms with Gasteiger partial charge in [-0.2, -0.15) is 0 Å². The molecule has 1 unspecified atom stereocenters. The maximum Gasteiger partial charge on any atom is 0.273 e. The van der Waals surface area contributed by atoms with Crippen molar-refractivity contribution >= 4 is 11.6 Å². The molecule has 2 heterocycles. The summed E-state index contributed by atoms with van der Waals surface area (Å²) in [6.07, 6.45) is 1.46. The summed E-state index contributed by atoms with van der Waals surface area (Å²) in [6.45, 7) is 5.35. The van der Waals surface area contributed by atoms with Gasteiger partial charge < -0.3 is 10.1 Å². The number of nitro benzene ring substituents is 1. The van der Waals surface area contributed by atoms with Crippen molar-refractivity contribution in [2.75, 3.05) is 32.8 Å². The van der Waals surface area contributed by atoms with Crippen molar-refractivity contribution in [3.05, 3.63) is 81.7 Å². The molecular formula is C22H24N6O4. The Morgan fingerprint density at radius 3 is 2.75 bits per heavy atom. The SMILES string of the molecule is Cc1cccc(C(CNC(=O)c2cn(-c3cccc([N+](=O)[O-])c3)nn2)N2CCOCC2)c1. The molecule has 4 rings (SSSR count). The highest BCUT2D eigenvalue weighted by molar-refractivity contribution is 5.91. The summed E-state index contributed by atoms with van der Waals surface area (Å²) >= 11 is 0. The number of hydrogen-bond acceptors (Lipinski definition) is 7. The smallest absolute Gasteiger partial charge is 0.273 e. The van der Waals surface area contributed by atoms with Gasteiger partial charge in [-0.1, -0.05) is 41.1 Å². The minimum atomic E-state index is -0.481. The molecule has 1 N–H and O–H groups in total. The topological polar surface area (TPSA) is 115 Å². The fraction of sp³-hybridized carbons (Fsp3) is 0.318. The molecule has 10 nitrogen and oxygen atoms in total. The minimum Gasteiger partial charge on any atom is -0.379 e. The van der Waals surface area contributed by atoms with Crippen molar-refractivity contribution in [1.29, 1.82) is 0 Å². The van der Waals surface area contributed by atoms with Gasteiger partial charge >= 0.3 is 0 Å². The highest BCUT2D eigenvalue weighted by Gasteiger charge is 2.24. The second-order valence-corrected chi connectivity index (χ2v) is 7.61. The first-order chi connectivity index (χ1) is 15.5. The normalized spacial score (nSPS) is 15.3. The fourth-order valence-electron chi connectivity index (χ4n) is 3.75. The number of nitrogens with zero attached hydrogens (tertiary/aromatic N) is 5. The van der Waals surface area contributed by atoms with Crippen molar-refractivity contribution in [3.8, 4) is 5.69 Å². The third-order valence-corrected chi connectivity index (χ3v) is 5.40. The highest BCUT2D eigenvalue weighted by Crippen LogP contribution is 2.22. The minimum absolute atomic E-state index is 0.00886. The molecule has 0 radical (unpaired) electrons. The van der Waals surface area contributed by atoms with Gasteiger partial charge in [0.2, 0.25) is 0 Å². The number of hydrogen-bond donors (Lipinski definition) is 1. The van der Waals surface area contributed by atoms with Gasteiger partial charge in [0.1, 0.15) is 0 Å². The molecule has 1 atom stereocenters. The van der Waals surface area contributed by atoms with Gasteiger partial charge in [-0.05, 0) is 18.6 Å². The van der Waals surface area contributed by atoms with Crippen LogP contribution in [0.1, 0.15) is 27.7 Å². The number of aryl methyl sites for hydroxylation is 1. The van der Waals surface area contributed by atoms with E-state index in [1.165, 1.54) is 23.0 Å². The first-order valence-corrected chi connectivity index (χ1v) is 10.3. The first-order valence-electron chi connectivity index (χ1n) is 10.3. The Morgan fingerprint density at radius 2 is 2.00 bits per heavy atom. The summed E-state index contributed by atoms with van der Waals surface area (Å²) in [5.41, 5.74) is 2.83. The summed E-state index contributed by atoms with van der Waals surface area (Å²) in [7, 11) is 0. The van der Waals surface area contributed by atoms with Crippen LogP contribution < -0.4 is 5.32 Å². The number of amides is 1. The third-order valence-electron chi connectivity index (χ3n) is 5.40. The number of morpholine rings is 1. The quantitative estimate of drug-likeness (QED) is 0.446. The Hall–Kier alpha value is -3.63. The Morgan fingerprint density at radius 1 is 1.22 bits per heavy atom. The van der Waals surface area contributed by atoms with Gasteiger partial charge in [-0.3, -0.25) is 19.8 Å². The van der Waals surface area contributed by atoms with E-state index >= 15 is 0 Å². The molecule has 3 aromatic rings. The zero-order chi connectivity index (χ0) is 22.5. The molecule has 1 aliphatic rings. The van der Waals surface area contributed by atoms with E-state index in [0.29, 0.717) is 25.4 Å². The zero-order valence-corrected chi connectivity index (χ0v) is 17.7. The summed E-state index contributed by atoms with van der Waals surface area (Å²) in [4.78, 5) is 25.6. The van der Waals surface area contributed by atoms with Crippen LogP contribution in [0, 0.1) is 17.0 Å². The number of nitrogens with one attached hydrogen (secondary N) is 1. The van der Waals surface area contributed by atoms with Gasteiger partial charge in [-0.25, -0.2) is 4.68 Å². The van der Waals surface area contributed by atoms with Crippen molar-refractivity contribution in [1.82, 2.24) is 25.2 Å². The molecule has 0 spiro atoms. The summed E-state index contributed by atoms with van der Waals surface area (Å²) in [5, 5.41) is 21.9. The molecule has 1 amide bonds. The van der Waals surface area contributed by atoms with Crippen molar-refractivity contribution in [3.63, 3.8) is 0 Å². The van der Waals surface area contributed by atoms with Crippen LogP contribution in [0.2, 0.25) is 0 Å². The summed E-state index contributed by atoms with van der Waals surface area (Å²) in [5.74, 6) is -0.354. The molecule has 0 saturated carbocycles. The van der Waals surface area contributed by atoms with Gasteiger partial charge in [0.25, 0.3) is 11.6 Å². The standard InChI is InChI=1S/C22H24N6O4/c1-16-4-2-5-17(12-16)21(26-8-10-32-11-9-26)14-23-22(29)20-15-27(25-24-20)18-6-3-7-19(13-18)28(30)31/h2-7,12-13,15,21H,8-11,14H2,1H3,(H,23,29). The van der Waals surface area contributed by atoms with Crippen LogP contribution in [0.15, 0.2) is 54.7 Å². The molecule has 0 bridgehead atoms. The Balaban J connectivity index is 1.48. The van der Waals surface area contributed by atoms with E-state index in [9.17, 15) is 14.9 Å². The first kappa shape index (κ1) is 21.6. The van der Waals surface area contributed by atoms with Crippen molar-refractivity contribution in [2.45, 2.75) is 13.0 Å². The third kappa shape index (κ3) is 4.98. The molecule has 1 aromatic heterocycles. The number of benzene rings is 2. The molecular weight excluding hydrogens is 412 g/mol. The van der Waals surface area contributed by atoms with Crippen LogP contribution in [0.25, 0.3) is 5.69 Å². The van der Waals surface area contributed by atoms with Crippen LogP contribution in [0.5, 0.6) is 0 Å².